The number of nitrogens with zero attached hydrogens (tertiary/aromatic N) is 1. The van der Waals surface area contributed by atoms with Crippen molar-refractivity contribution in [3.8, 4) is 17.2 Å². The fraction of sp³-hybridized carbons (Fsp3) is 0.200. The summed E-state index contributed by atoms with van der Waals surface area (Å²) in [6.45, 7) is 3.00. The topological polar surface area (TPSA) is 69.2 Å². The van der Waals surface area contributed by atoms with Gasteiger partial charge in [0.25, 0.3) is 5.91 Å². The first-order valence-corrected chi connectivity index (χ1v) is 10.6. The fourth-order valence-corrected chi connectivity index (χ4v) is 3.00. The standard InChI is InChI=1S/C25H25ClN2O4/c1-3-14-31-21-11-9-19(10-12-21)25(29)28-27-16-18-8-13-23(24(15-18)30-2)32-17-20-6-4-5-7-22(20)26/h4-13,15-16H,3,14,17H2,1-2H3,(H,28,29)/b27-16+. The molecule has 3 aromatic carbocycles. The van der Waals surface area contributed by atoms with Gasteiger partial charge in [0.2, 0.25) is 0 Å². The van der Waals surface area contributed by atoms with E-state index < -0.39 is 0 Å². The molecular formula is C25H25ClN2O4. The third kappa shape index (κ3) is 6.49. The number of rotatable bonds is 10. The molecule has 0 aliphatic carbocycles. The first-order valence-electron chi connectivity index (χ1n) is 10.2. The van der Waals surface area contributed by atoms with E-state index in [1.54, 1.807) is 43.5 Å². The first-order chi connectivity index (χ1) is 15.6. The van der Waals surface area contributed by atoms with Gasteiger partial charge in [-0.15, -0.1) is 0 Å². The third-order valence-corrected chi connectivity index (χ3v) is 4.87. The maximum Gasteiger partial charge on any atom is 0.271 e. The van der Waals surface area contributed by atoms with Gasteiger partial charge in [-0.25, -0.2) is 5.43 Å². The zero-order valence-electron chi connectivity index (χ0n) is 18.0. The van der Waals surface area contributed by atoms with Crippen molar-refractivity contribution in [1.82, 2.24) is 5.43 Å². The summed E-state index contributed by atoms with van der Waals surface area (Å²) in [5.41, 5.74) is 4.64. The summed E-state index contributed by atoms with van der Waals surface area (Å²) >= 11 is 6.17. The number of nitrogens with one attached hydrogen (secondary N) is 1. The molecule has 0 fully saturated rings. The molecule has 3 rings (SSSR count). The summed E-state index contributed by atoms with van der Waals surface area (Å²) in [4.78, 5) is 12.3. The third-order valence-electron chi connectivity index (χ3n) is 4.50. The Labute approximate surface area is 192 Å². The molecule has 166 valence electrons. The molecule has 0 bridgehead atoms. The van der Waals surface area contributed by atoms with Gasteiger partial charge in [0, 0.05) is 16.1 Å². The number of benzene rings is 3. The van der Waals surface area contributed by atoms with Crippen LogP contribution in [0.5, 0.6) is 17.2 Å². The zero-order chi connectivity index (χ0) is 22.8. The van der Waals surface area contributed by atoms with Crippen LogP contribution in [0.2, 0.25) is 5.02 Å². The van der Waals surface area contributed by atoms with E-state index in [0.29, 0.717) is 35.3 Å². The Morgan fingerprint density at radius 1 is 1.03 bits per heavy atom. The fourth-order valence-electron chi connectivity index (χ4n) is 2.81. The van der Waals surface area contributed by atoms with E-state index in [-0.39, 0.29) is 5.91 Å². The lowest BCUT2D eigenvalue weighted by atomic mass is 10.2. The quantitative estimate of drug-likeness (QED) is 0.326. The summed E-state index contributed by atoms with van der Waals surface area (Å²) in [7, 11) is 1.56. The summed E-state index contributed by atoms with van der Waals surface area (Å²) in [5, 5.41) is 4.68. The maximum atomic E-state index is 12.3. The minimum atomic E-state index is -0.310. The van der Waals surface area contributed by atoms with Gasteiger partial charge >= 0.3 is 0 Å². The lowest BCUT2D eigenvalue weighted by Gasteiger charge is -2.12. The summed E-state index contributed by atoms with van der Waals surface area (Å²) in [6, 6.07) is 19.8. The number of carbonyl (C=O) groups is 1. The summed E-state index contributed by atoms with van der Waals surface area (Å²) < 4.78 is 16.8. The van der Waals surface area contributed by atoms with Gasteiger partial charge in [0.15, 0.2) is 11.5 Å². The molecule has 0 aromatic heterocycles. The van der Waals surface area contributed by atoms with Crippen molar-refractivity contribution in [3.05, 3.63) is 88.4 Å². The van der Waals surface area contributed by atoms with Crippen LogP contribution < -0.4 is 19.6 Å². The van der Waals surface area contributed by atoms with Crippen LogP contribution in [-0.2, 0) is 6.61 Å². The molecule has 0 heterocycles. The van der Waals surface area contributed by atoms with E-state index in [1.165, 1.54) is 6.21 Å². The van der Waals surface area contributed by atoms with Crippen LogP contribution in [0.3, 0.4) is 0 Å². The van der Waals surface area contributed by atoms with Crippen LogP contribution in [-0.4, -0.2) is 25.8 Å². The molecule has 7 heteroatoms. The number of halogens is 1. The van der Waals surface area contributed by atoms with Crippen LogP contribution in [0.4, 0.5) is 0 Å². The van der Waals surface area contributed by atoms with E-state index >= 15 is 0 Å². The van der Waals surface area contributed by atoms with Crippen molar-refractivity contribution >= 4 is 23.7 Å². The second-order valence-corrected chi connectivity index (χ2v) is 7.27. The monoisotopic (exact) mass is 452 g/mol. The van der Waals surface area contributed by atoms with Crippen LogP contribution in [0.1, 0.15) is 34.8 Å². The van der Waals surface area contributed by atoms with Gasteiger partial charge in [-0.3, -0.25) is 4.79 Å². The highest BCUT2D eigenvalue weighted by molar-refractivity contribution is 6.31. The number of hydrogen-bond acceptors (Lipinski definition) is 5. The highest BCUT2D eigenvalue weighted by atomic mass is 35.5. The van der Waals surface area contributed by atoms with Crippen LogP contribution >= 0.6 is 11.6 Å². The number of hydrogen-bond donors (Lipinski definition) is 1. The van der Waals surface area contributed by atoms with Crippen LogP contribution in [0.15, 0.2) is 71.8 Å². The summed E-state index contributed by atoms with van der Waals surface area (Å²) in [5.74, 6) is 1.56. The van der Waals surface area contributed by atoms with E-state index in [0.717, 1.165) is 23.3 Å². The Bertz CT molecular complexity index is 1070. The van der Waals surface area contributed by atoms with E-state index in [9.17, 15) is 4.79 Å². The van der Waals surface area contributed by atoms with Gasteiger partial charge in [-0.2, -0.15) is 5.10 Å². The van der Waals surface area contributed by atoms with Crippen molar-refractivity contribution in [1.29, 1.82) is 0 Å². The molecule has 3 aromatic rings. The minimum Gasteiger partial charge on any atom is -0.494 e. The molecule has 0 aliphatic heterocycles. The predicted molar refractivity (Wildman–Crippen MR) is 126 cm³/mol. The molecule has 6 nitrogen and oxygen atoms in total. The van der Waals surface area contributed by atoms with Gasteiger partial charge in [0.05, 0.1) is 19.9 Å². The Kier molecular flexibility index (Phi) is 8.52. The van der Waals surface area contributed by atoms with Gasteiger partial charge in [-0.05, 0) is 60.5 Å². The average Bonchev–Trinajstić information content (AvgIpc) is 2.82. The smallest absolute Gasteiger partial charge is 0.271 e. The predicted octanol–water partition coefficient (Wildman–Crippen LogP) is 5.48. The number of ether oxygens (including phenoxy) is 3. The lowest BCUT2D eigenvalue weighted by molar-refractivity contribution is 0.0955. The van der Waals surface area contributed by atoms with Crippen LogP contribution in [0.25, 0.3) is 0 Å². The Morgan fingerprint density at radius 3 is 2.53 bits per heavy atom. The van der Waals surface area contributed by atoms with Gasteiger partial charge in [-0.1, -0.05) is 36.7 Å². The van der Waals surface area contributed by atoms with Crippen molar-refractivity contribution < 1.29 is 19.0 Å². The molecule has 0 saturated heterocycles. The molecule has 0 atom stereocenters. The van der Waals surface area contributed by atoms with E-state index in [4.69, 9.17) is 25.8 Å². The minimum absolute atomic E-state index is 0.310. The van der Waals surface area contributed by atoms with Crippen molar-refractivity contribution in [2.45, 2.75) is 20.0 Å². The number of hydrazone groups is 1. The van der Waals surface area contributed by atoms with Crippen molar-refractivity contribution in [2.75, 3.05) is 13.7 Å². The number of methoxy groups -OCH3 is 1. The normalized spacial score (nSPS) is 10.7. The highest BCUT2D eigenvalue weighted by Gasteiger charge is 2.08. The molecule has 0 radical (unpaired) electrons. The largest absolute Gasteiger partial charge is 0.494 e. The molecule has 0 saturated carbocycles. The van der Waals surface area contributed by atoms with Gasteiger partial charge < -0.3 is 14.2 Å². The number of carbonyl (C=O) groups excluding carboxylic acids is 1. The molecule has 1 N–H and O–H groups in total. The second-order valence-electron chi connectivity index (χ2n) is 6.86. The molecule has 1 amide bonds. The zero-order valence-corrected chi connectivity index (χ0v) is 18.8. The average molecular weight is 453 g/mol. The molecule has 32 heavy (non-hydrogen) atoms. The Morgan fingerprint density at radius 2 is 1.81 bits per heavy atom. The molecule has 0 aliphatic rings. The second kappa shape index (κ2) is 11.8. The lowest BCUT2D eigenvalue weighted by Crippen LogP contribution is -2.17. The first kappa shape index (κ1) is 23.2. The number of amides is 1. The molecule has 0 spiro atoms. The highest BCUT2D eigenvalue weighted by Crippen LogP contribution is 2.29. The maximum absolute atomic E-state index is 12.3. The van der Waals surface area contributed by atoms with E-state index in [2.05, 4.69) is 10.5 Å². The van der Waals surface area contributed by atoms with Crippen molar-refractivity contribution in [3.63, 3.8) is 0 Å². The molecular weight excluding hydrogens is 428 g/mol. The van der Waals surface area contributed by atoms with Gasteiger partial charge in [0.1, 0.15) is 12.4 Å². The summed E-state index contributed by atoms with van der Waals surface area (Å²) in [6.07, 6.45) is 2.47. The SMILES string of the molecule is CCCOc1ccc(C(=O)N/N=C/c2ccc(OCc3ccccc3Cl)c(OC)c2)cc1. The Hall–Kier alpha value is -3.51. The van der Waals surface area contributed by atoms with Crippen LogP contribution in [0, 0.1) is 0 Å². The van der Waals surface area contributed by atoms with E-state index in [1.807, 2.05) is 37.3 Å². The molecule has 0 unspecified atom stereocenters. The van der Waals surface area contributed by atoms with Crippen molar-refractivity contribution in [2.24, 2.45) is 5.10 Å². The Balaban J connectivity index is 1.58.